The second-order valence-corrected chi connectivity index (χ2v) is 6.96. The summed E-state index contributed by atoms with van der Waals surface area (Å²) in [4.78, 5) is 4.16. The third-order valence-electron chi connectivity index (χ3n) is 4.31. The molecule has 3 heteroatoms. The number of rotatable bonds is 2. The quantitative estimate of drug-likeness (QED) is 0.409. The molecule has 2 nitrogen and oxygen atoms in total. The Morgan fingerprint density at radius 3 is 2.54 bits per heavy atom. The molecule has 114 valence electrons. The van der Waals surface area contributed by atoms with Gasteiger partial charge in [-0.05, 0) is 47.9 Å². The number of anilines is 2. The van der Waals surface area contributed by atoms with Crippen LogP contribution < -0.4 is 5.32 Å². The van der Waals surface area contributed by atoms with E-state index in [1.54, 1.807) is 0 Å². The zero-order valence-corrected chi connectivity index (χ0v) is 13.7. The van der Waals surface area contributed by atoms with Gasteiger partial charge in [0.2, 0.25) is 0 Å². The fraction of sp³-hybridized carbons (Fsp3) is 0. The van der Waals surface area contributed by atoms with Crippen molar-refractivity contribution in [3.05, 3.63) is 79.1 Å². The molecular weight excluding hydrogens is 312 g/mol. The summed E-state index contributed by atoms with van der Waals surface area (Å²) in [5.74, 6) is 0. The van der Waals surface area contributed by atoms with Crippen molar-refractivity contribution < 1.29 is 0 Å². The summed E-state index contributed by atoms with van der Waals surface area (Å²) < 4.78 is 2.66. The van der Waals surface area contributed by atoms with E-state index in [-0.39, 0.29) is 0 Å². The van der Waals surface area contributed by atoms with Crippen LogP contribution in [0.5, 0.6) is 0 Å². The summed E-state index contributed by atoms with van der Waals surface area (Å²) in [6.07, 6.45) is 3.72. The number of hydrogen-bond acceptors (Lipinski definition) is 3. The second kappa shape index (κ2) is 5.32. The summed E-state index contributed by atoms with van der Waals surface area (Å²) in [6, 6.07) is 23.6. The van der Waals surface area contributed by atoms with Gasteiger partial charge in [0.1, 0.15) is 0 Å². The Labute approximate surface area is 143 Å². The molecule has 2 aromatic heterocycles. The van der Waals surface area contributed by atoms with Crippen LogP contribution in [-0.4, -0.2) is 4.98 Å². The molecule has 0 aliphatic carbocycles. The Balaban J connectivity index is 1.59. The summed E-state index contributed by atoms with van der Waals surface area (Å²) in [6.45, 7) is 0. The van der Waals surface area contributed by atoms with Crippen LogP contribution >= 0.6 is 11.3 Å². The number of fused-ring (bicyclic) bond motifs is 4. The SMILES string of the molecule is c1ccc2c(c1)sc1ccc(Nc3ccc4cnccc4c3)cc12. The van der Waals surface area contributed by atoms with E-state index in [0.717, 1.165) is 16.8 Å². The minimum Gasteiger partial charge on any atom is -0.355 e. The average Bonchev–Trinajstić information content (AvgIpc) is 3.00. The monoisotopic (exact) mass is 326 g/mol. The lowest BCUT2D eigenvalue weighted by atomic mass is 10.1. The fourth-order valence-corrected chi connectivity index (χ4v) is 4.22. The van der Waals surface area contributed by atoms with Crippen molar-refractivity contribution in [2.75, 3.05) is 5.32 Å². The molecule has 0 fully saturated rings. The van der Waals surface area contributed by atoms with E-state index >= 15 is 0 Å². The van der Waals surface area contributed by atoms with E-state index in [2.05, 4.69) is 71.0 Å². The number of pyridine rings is 1. The van der Waals surface area contributed by atoms with Crippen LogP contribution in [0.3, 0.4) is 0 Å². The second-order valence-electron chi connectivity index (χ2n) is 5.87. The van der Waals surface area contributed by atoms with Gasteiger partial charge in [0.05, 0.1) is 0 Å². The first kappa shape index (κ1) is 13.5. The molecule has 0 amide bonds. The van der Waals surface area contributed by atoms with Crippen molar-refractivity contribution in [1.29, 1.82) is 0 Å². The molecule has 0 saturated carbocycles. The largest absolute Gasteiger partial charge is 0.355 e. The molecular formula is C21H14N2S. The molecule has 1 N–H and O–H groups in total. The standard InChI is InChI=1S/C21H14N2S/c1-2-4-20-18(3-1)19-12-17(7-8-21(19)24-20)23-16-6-5-15-13-22-10-9-14(15)11-16/h1-13,23H. The van der Waals surface area contributed by atoms with Crippen LogP contribution in [0, 0.1) is 0 Å². The van der Waals surface area contributed by atoms with Crippen LogP contribution in [0.1, 0.15) is 0 Å². The van der Waals surface area contributed by atoms with Gasteiger partial charge in [0.25, 0.3) is 0 Å². The third-order valence-corrected chi connectivity index (χ3v) is 5.46. The number of aromatic nitrogens is 1. The zero-order valence-electron chi connectivity index (χ0n) is 12.9. The van der Waals surface area contributed by atoms with E-state index in [1.165, 1.54) is 25.6 Å². The van der Waals surface area contributed by atoms with E-state index < -0.39 is 0 Å². The zero-order chi connectivity index (χ0) is 15.9. The lowest BCUT2D eigenvalue weighted by Crippen LogP contribution is -1.90. The van der Waals surface area contributed by atoms with Gasteiger partial charge in [-0.2, -0.15) is 0 Å². The maximum Gasteiger partial charge on any atom is 0.0391 e. The van der Waals surface area contributed by atoms with Gasteiger partial charge in [-0.1, -0.05) is 24.3 Å². The third kappa shape index (κ3) is 2.22. The predicted molar refractivity (Wildman–Crippen MR) is 104 cm³/mol. The van der Waals surface area contributed by atoms with E-state index in [4.69, 9.17) is 0 Å². The van der Waals surface area contributed by atoms with Crippen LogP contribution in [-0.2, 0) is 0 Å². The highest BCUT2D eigenvalue weighted by atomic mass is 32.1. The highest BCUT2D eigenvalue weighted by Gasteiger charge is 2.05. The molecule has 0 bridgehead atoms. The van der Waals surface area contributed by atoms with Gasteiger partial charge >= 0.3 is 0 Å². The first-order valence-corrected chi connectivity index (χ1v) is 8.71. The Morgan fingerprint density at radius 1 is 0.708 bits per heavy atom. The first-order valence-electron chi connectivity index (χ1n) is 7.89. The molecule has 0 spiro atoms. The number of thiophene rings is 1. The minimum absolute atomic E-state index is 1.09. The van der Waals surface area contributed by atoms with Crippen molar-refractivity contribution in [2.24, 2.45) is 0 Å². The van der Waals surface area contributed by atoms with E-state index in [9.17, 15) is 0 Å². The fourth-order valence-electron chi connectivity index (χ4n) is 3.13. The van der Waals surface area contributed by atoms with Gasteiger partial charge in [0, 0.05) is 49.3 Å². The summed E-state index contributed by atoms with van der Waals surface area (Å²) >= 11 is 1.84. The first-order chi connectivity index (χ1) is 11.9. The molecule has 2 heterocycles. The van der Waals surface area contributed by atoms with Gasteiger partial charge in [-0.15, -0.1) is 11.3 Å². The molecule has 0 saturated heterocycles. The molecule has 0 unspecified atom stereocenters. The smallest absolute Gasteiger partial charge is 0.0391 e. The van der Waals surface area contributed by atoms with Crippen molar-refractivity contribution in [2.45, 2.75) is 0 Å². The van der Waals surface area contributed by atoms with Crippen LogP contribution in [0.4, 0.5) is 11.4 Å². The van der Waals surface area contributed by atoms with Gasteiger partial charge in [-0.25, -0.2) is 0 Å². The predicted octanol–water partition coefficient (Wildman–Crippen LogP) is 6.35. The molecule has 0 radical (unpaired) electrons. The Hall–Kier alpha value is -2.91. The maximum atomic E-state index is 4.16. The average molecular weight is 326 g/mol. The van der Waals surface area contributed by atoms with E-state index in [1.807, 2.05) is 29.8 Å². The van der Waals surface area contributed by atoms with Crippen LogP contribution in [0.15, 0.2) is 79.1 Å². The number of benzene rings is 3. The molecule has 5 rings (SSSR count). The topological polar surface area (TPSA) is 24.9 Å². The molecule has 0 aliphatic heterocycles. The van der Waals surface area contributed by atoms with Crippen molar-refractivity contribution in [3.63, 3.8) is 0 Å². The van der Waals surface area contributed by atoms with Crippen molar-refractivity contribution >= 4 is 53.7 Å². The molecule has 0 aliphatic rings. The maximum absolute atomic E-state index is 4.16. The lowest BCUT2D eigenvalue weighted by molar-refractivity contribution is 1.36. The normalized spacial score (nSPS) is 11.3. The summed E-state index contributed by atoms with van der Waals surface area (Å²) in [5.41, 5.74) is 2.20. The van der Waals surface area contributed by atoms with Crippen molar-refractivity contribution in [3.8, 4) is 0 Å². The van der Waals surface area contributed by atoms with Crippen molar-refractivity contribution in [1.82, 2.24) is 4.98 Å². The highest BCUT2D eigenvalue weighted by molar-refractivity contribution is 7.25. The van der Waals surface area contributed by atoms with Gasteiger partial charge < -0.3 is 5.32 Å². The van der Waals surface area contributed by atoms with Crippen LogP contribution in [0.2, 0.25) is 0 Å². The summed E-state index contributed by atoms with van der Waals surface area (Å²) in [7, 11) is 0. The molecule has 24 heavy (non-hydrogen) atoms. The molecule has 3 aromatic carbocycles. The lowest BCUT2D eigenvalue weighted by Gasteiger charge is -2.08. The number of hydrogen-bond donors (Lipinski definition) is 1. The number of nitrogens with zero attached hydrogens (tertiary/aromatic N) is 1. The minimum atomic E-state index is 1.09. The Morgan fingerprint density at radius 2 is 1.54 bits per heavy atom. The molecule has 5 aromatic rings. The van der Waals surface area contributed by atoms with Gasteiger partial charge in [0.15, 0.2) is 0 Å². The Bertz CT molecular complexity index is 1190. The van der Waals surface area contributed by atoms with Crippen LogP contribution in [0.25, 0.3) is 30.9 Å². The summed E-state index contributed by atoms with van der Waals surface area (Å²) in [5, 5.41) is 8.51. The highest BCUT2D eigenvalue weighted by Crippen LogP contribution is 2.35. The van der Waals surface area contributed by atoms with Gasteiger partial charge in [-0.3, -0.25) is 4.98 Å². The Kier molecular flexibility index (Phi) is 3.00. The number of nitrogens with one attached hydrogen (secondary N) is 1. The van der Waals surface area contributed by atoms with E-state index in [0.29, 0.717) is 0 Å². The molecule has 0 atom stereocenters.